The first kappa shape index (κ1) is 18.2. The standard InChI is InChI=1S/C22H25NO2.C2H6/c1-24-18-9-5-8-16-20-15-11-10-13-6-3-4-7-14(13)17(15)12-19(25-2)22(20)23-21(16)18;1-2/h5,8-9,12-14,23H,3-4,6-7,10-11H2,1-2H3;1-2H3. The third-order valence-electron chi connectivity index (χ3n) is 6.49. The minimum atomic E-state index is 0.714. The number of para-hydroxylation sites is 1. The summed E-state index contributed by atoms with van der Waals surface area (Å²) in [7, 11) is 3.52. The Morgan fingerprint density at radius 1 is 0.926 bits per heavy atom. The zero-order chi connectivity index (χ0) is 19.0. The molecule has 27 heavy (non-hydrogen) atoms. The minimum absolute atomic E-state index is 0.714. The molecule has 0 bridgehead atoms. The molecular weight excluding hydrogens is 334 g/mol. The molecule has 0 spiro atoms. The number of aromatic amines is 1. The molecule has 1 N–H and O–H groups in total. The summed E-state index contributed by atoms with van der Waals surface area (Å²) < 4.78 is 11.4. The van der Waals surface area contributed by atoms with Crippen LogP contribution in [0.1, 0.15) is 63.0 Å². The highest BCUT2D eigenvalue weighted by molar-refractivity contribution is 6.13. The van der Waals surface area contributed by atoms with Gasteiger partial charge in [-0.25, -0.2) is 0 Å². The van der Waals surface area contributed by atoms with Crippen molar-refractivity contribution >= 4 is 21.8 Å². The second-order valence-corrected chi connectivity index (χ2v) is 7.59. The van der Waals surface area contributed by atoms with Gasteiger partial charge in [0.15, 0.2) is 0 Å². The van der Waals surface area contributed by atoms with Crippen molar-refractivity contribution in [2.45, 2.75) is 58.3 Å². The molecule has 0 amide bonds. The first-order valence-electron chi connectivity index (χ1n) is 10.5. The first-order valence-corrected chi connectivity index (χ1v) is 10.5. The van der Waals surface area contributed by atoms with E-state index in [-0.39, 0.29) is 0 Å². The highest BCUT2D eigenvalue weighted by Gasteiger charge is 2.34. The fraction of sp³-hybridized carbons (Fsp3) is 0.500. The molecule has 2 aliphatic rings. The maximum atomic E-state index is 5.80. The van der Waals surface area contributed by atoms with Crippen LogP contribution in [0.4, 0.5) is 0 Å². The van der Waals surface area contributed by atoms with Gasteiger partial charge < -0.3 is 14.5 Å². The Morgan fingerprint density at radius 2 is 1.70 bits per heavy atom. The summed E-state index contributed by atoms with van der Waals surface area (Å²) in [5.74, 6) is 3.45. The molecular formula is C24H31NO2. The van der Waals surface area contributed by atoms with Gasteiger partial charge in [-0.1, -0.05) is 38.8 Å². The van der Waals surface area contributed by atoms with Crippen molar-refractivity contribution in [3.05, 3.63) is 35.4 Å². The van der Waals surface area contributed by atoms with E-state index in [1.54, 1.807) is 25.3 Å². The predicted molar refractivity (Wildman–Crippen MR) is 113 cm³/mol. The maximum absolute atomic E-state index is 5.80. The van der Waals surface area contributed by atoms with E-state index in [1.807, 2.05) is 19.9 Å². The van der Waals surface area contributed by atoms with Crippen LogP contribution in [0.15, 0.2) is 24.3 Å². The quantitative estimate of drug-likeness (QED) is 0.556. The van der Waals surface area contributed by atoms with Gasteiger partial charge in [0.2, 0.25) is 0 Å². The van der Waals surface area contributed by atoms with E-state index >= 15 is 0 Å². The lowest BCUT2D eigenvalue weighted by atomic mass is 9.67. The fourth-order valence-electron chi connectivity index (χ4n) is 5.36. The van der Waals surface area contributed by atoms with E-state index < -0.39 is 0 Å². The van der Waals surface area contributed by atoms with Crippen LogP contribution in [0.5, 0.6) is 11.5 Å². The van der Waals surface area contributed by atoms with Crippen molar-refractivity contribution in [3.63, 3.8) is 0 Å². The maximum Gasteiger partial charge on any atom is 0.143 e. The normalized spacial score (nSPS) is 21.2. The lowest BCUT2D eigenvalue weighted by Crippen LogP contribution is -2.24. The van der Waals surface area contributed by atoms with Gasteiger partial charge in [0.1, 0.15) is 11.5 Å². The van der Waals surface area contributed by atoms with Crippen LogP contribution in [0.3, 0.4) is 0 Å². The molecule has 1 aromatic heterocycles. The minimum Gasteiger partial charge on any atom is -0.495 e. The van der Waals surface area contributed by atoms with Gasteiger partial charge >= 0.3 is 0 Å². The van der Waals surface area contributed by atoms with Crippen LogP contribution >= 0.6 is 0 Å². The van der Waals surface area contributed by atoms with Crippen LogP contribution in [-0.4, -0.2) is 19.2 Å². The number of nitrogens with one attached hydrogen (secondary N) is 1. The summed E-state index contributed by atoms with van der Waals surface area (Å²) in [5.41, 5.74) is 5.29. The molecule has 1 saturated carbocycles. The van der Waals surface area contributed by atoms with Crippen molar-refractivity contribution in [1.29, 1.82) is 0 Å². The highest BCUT2D eigenvalue weighted by atomic mass is 16.5. The Balaban J connectivity index is 0.000000872. The van der Waals surface area contributed by atoms with Crippen molar-refractivity contribution in [2.75, 3.05) is 14.2 Å². The average molecular weight is 366 g/mol. The van der Waals surface area contributed by atoms with Crippen LogP contribution in [0.25, 0.3) is 21.8 Å². The van der Waals surface area contributed by atoms with Crippen LogP contribution in [0, 0.1) is 5.92 Å². The van der Waals surface area contributed by atoms with Gasteiger partial charge in [-0.05, 0) is 60.8 Å². The molecule has 2 aromatic carbocycles. The number of H-pyrrole nitrogens is 1. The number of hydrogen-bond acceptors (Lipinski definition) is 2. The first-order chi connectivity index (χ1) is 13.3. The highest BCUT2D eigenvalue weighted by Crippen LogP contribution is 2.50. The molecule has 1 fully saturated rings. The average Bonchev–Trinajstić information content (AvgIpc) is 3.14. The summed E-state index contributed by atoms with van der Waals surface area (Å²) >= 11 is 0. The number of hydrogen-bond donors (Lipinski definition) is 1. The van der Waals surface area contributed by atoms with Gasteiger partial charge in [-0.2, -0.15) is 0 Å². The number of aromatic nitrogens is 1. The predicted octanol–water partition coefficient (Wildman–Crippen LogP) is 6.58. The Kier molecular flexibility index (Phi) is 5.03. The molecule has 2 atom stereocenters. The molecule has 5 rings (SSSR count). The number of methoxy groups -OCH3 is 2. The number of aryl methyl sites for hydroxylation is 1. The van der Waals surface area contributed by atoms with Crippen molar-refractivity contribution in [2.24, 2.45) is 5.92 Å². The molecule has 0 saturated heterocycles. The Labute approximate surface area is 162 Å². The Morgan fingerprint density at radius 3 is 2.48 bits per heavy atom. The van der Waals surface area contributed by atoms with Crippen LogP contribution in [-0.2, 0) is 6.42 Å². The molecule has 3 aromatic rings. The number of ether oxygens (including phenoxy) is 2. The molecule has 0 radical (unpaired) electrons. The van der Waals surface area contributed by atoms with E-state index in [2.05, 4.69) is 23.2 Å². The zero-order valence-corrected chi connectivity index (χ0v) is 17.0. The van der Waals surface area contributed by atoms with Crippen molar-refractivity contribution in [1.82, 2.24) is 4.98 Å². The summed E-state index contributed by atoms with van der Waals surface area (Å²) in [6.45, 7) is 4.00. The fourth-order valence-corrected chi connectivity index (χ4v) is 5.36. The largest absolute Gasteiger partial charge is 0.495 e. The van der Waals surface area contributed by atoms with E-state index in [1.165, 1.54) is 49.3 Å². The van der Waals surface area contributed by atoms with Crippen molar-refractivity contribution in [3.8, 4) is 11.5 Å². The van der Waals surface area contributed by atoms with Gasteiger partial charge in [-0.15, -0.1) is 0 Å². The number of benzene rings is 2. The SMILES string of the molecule is CC.COc1cccc2c1[nH]c1c(OC)cc3c(c12)CCC1CCCCC31. The van der Waals surface area contributed by atoms with E-state index in [0.717, 1.165) is 28.5 Å². The second-order valence-electron chi connectivity index (χ2n) is 7.59. The zero-order valence-electron chi connectivity index (χ0n) is 17.0. The summed E-state index contributed by atoms with van der Waals surface area (Å²) in [6, 6.07) is 8.64. The van der Waals surface area contributed by atoms with E-state index in [0.29, 0.717) is 5.92 Å². The smallest absolute Gasteiger partial charge is 0.143 e. The molecule has 3 nitrogen and oxygen atoms in total. The summed E-state index contributed by atoms with van der Waals surface area (Å²) in [5, 5.41) is 2.62. The van der Waals surface area contributed by atoms with Crippen LogP contribution < -0.4 is 9.47 Å². The summed E-state index contributed by atoms with van der Waals surface area (Å²) in [6.07, 6.45) is 8.00. The number of fused-ring (bicyclic) bond motifs is 7. The van der Waals surface area contributed by atoms with Crippen molar-refractivity contribution < 1.29 is 9.47 Å². The summed E-state index contributed by atoms with van der Waals surface area (Å²) in [4.78, 5) is 3.59. The van der Waals surface area contributed by atoms with Gasteiger partial charge in [-0.3, -0.25) is 0 Å². The van der Waals surface area contributed by atoms with Gasteiger partial charge in [0.25, 0.3) is 0 Å². The van der Waals surface area contributed by atoms with Gasteiger partial charge in [0.05, 0.1) is 25.3 Å². The van der Waals surface area contributed by atoms with E-state index in [4.69, 9.17) is 9.47 Å². The Hall–Kier alpha value is -2.16. The topological polar surface area (TPSA) is 34.2 Å². The monoisotopic (exact) mass is 365 g/mol. The molecule has 144 valence electrons. The van der Waals surface area contributed by atoms with E-state index in [9.17, 15) is 0 Å². The third-order valence-corrected chi connectivity index (χ3v) is 6.49. The molecule has 3 heteroatoms. The third kappa shape index (κ3) is 2.79. The molecule has 2 aliphatic carbocycles. The molecule has 0 aliphatic heterocycles. The van der Waals surface area contributed by atoms with Gasteiger partial charge in [0, 0.05) is 10.8 Å². The lowest BCUT2D eigenvalue weighted by Gasteiger charge is -2.37. The lowest BCUT2D eigenvalue weighted by molar-refractivity contribution is 0.275. The second kappa shape index (κ2) is 7.46. The molecule has 2 unspecified atom stereocenters. The number of rotatable bonds is 2. The molecule has 1 heterocycles. The Bertz CT molecular complexity index is 956. The van der Waals surface area contributed by atoms with Crippen LogP contribution in [0.2, 0.25) is 0 Å².